The Labute approximate surface area is 210 Å². The quantitative estimate of drug-likeness (QED) is 0.222. The summed E-state index contributed by atoms with van der Waals surface area (Å²) in [5, 5.41) is 21.5. The first-order valence-electron chi connectivity index (χ1n) is 11.9. The Kier molecular flexibility index (Phi) is 5.78. The number of aromatic amines is 2. The van der Waals surface area contributed by atoms with Crippen LogP contribution in [0.3, 0.4) is 0 Å². The molecule has 184 valence electrons. The first kappa shape index (κ1) is 22.7. The van der Waals surface area contributed by atoms with Gasteiger partial charge >= 0.3 is 0 Å². The molecule has 0 spiro atoms. The lowest BCUT2D eigenvalue weighted by Crippen LogP contribution is -2.18. The van der Waals surface area contributed by atoms with Gasteiger partial charge in [-0.15, -0.1) is 0 Å². The molecule has 1 aromatic carbocycles. The summed E-state index contributed by atoms with van der Waals surface area (Å²) in [6.07, 6.45) is 9.34. The number of pyridine rings is 3. The van der Waals surface area contributed by atoms with Crippen molar-refractivity contribution in [3.05, 3.63) is 73.2 Å². The third-order valence-electron chi connectivity index (χ3n) is 6.13. The van der Waals surface area contributed by atoms with Crippen molar-refractivity contribution in [2.75, 3.05) is 5.32 Å². The predicted octanol–water partition coefficient (Wildman–Crippen LogP) is 5.29. The zero-order valence-electron chi connectivity index (χ0n) is 19.9. The predicted molar refractivity (Wildman–Crippen MR) is 140 cm³/mol. The largest absolute Gasteiger partial charge is 0.374 e. The lowest BCUT2D eigenvalue weighted by Gasteiger charge is -2.13. The molecule has 37 heavy (non-hydrogen) atoms. The van der Waals surface area contributed by atoms with E-state index in [1.165, 1.54) is 12.1 Å². The maximum atomic E-state index is 13.9. The van der Waals surface area contributed by atoms with Crippen LogP contribution in [0.25, 0.3) is 55.8 Å². The summed E-state index contributed by atoms with van der Waals surface area (Å²) in [5.41, 5.74) is 6.40. The molecule has 1 unspecified atom stereocenters. The van der Waals surface area contributed by atoms with E-state index in [0.717, 1.165) is 34.0 Å². The summed E-state index contributed by atoms with van der Waals surface area (Å²) in [6, 6.07) is 10.2. The summed E-state index contributed by atoms with van der Waals surface area (Å²) < 4.78 is 13.9. The van der Waals surface area contributed by atoms with Crippen molar-refractivity contribution in [3.8, 4) is 33.9 Å². The Bertz CT molecular complexity index is 1730. The van der Waals surface area contributed by atoms with Gasteiger partial charge in [-0.05, 0) is 36.2 Å². The van der Waals surface area contributed by atoms with Crippen LogP contribution in [-0.2, 0) is 0 Å². The number of aliphatic hydroxyl groups excluding tert-OH is 1. The summed E-state index contributed by atoms with van der Waals surface area (Å²) in [4.78, 5) is 21.3. The lowest BCUT2D eigenvalue weighted by atomic mass is 10.1. The minimum absolute atomic E-state index is 0.322. The van der Waals surface area contributed by atoms with Gasteiger partial charge in [-0.25, -0.2) is 9.37 Å². The summed E-state index contributed by atoms with van der Waals surface area (Å²) in [6.45, 7) is 2.02. The summed E-state index contributed by atoms with van der Waals surface area (Å²) in [7, 11) is 0. The van der Waals surface area contributed by atoms with Crippen LogP contribution in [0, 0.1) is 5.82 Å². The van der Waals surface area contributed by atoms with E-state index in [0.29, 0.717) is 40.4 Å². The SMILES string of the molecule is CCCC(O)Nc1cncc(-c2cc3c(-c4nc5c(-c6cccc(F)c6)cncc5[nH]4)n[nH]c3cn2)c1. The van der Waals surface area contributed by atoms with Crippen molar-refractivity contribution >= 4 is 27.6 Å². The standard InChI is InChI=1S/C27H23FN8O/c1-2-4-24(37)32-18-8-16(10-29-11-18)21-9-19-22(14-31-21)35-36-26(19)27-33-23-13-30-12-20(25(23)34-27)15-5-3-6-17(28)7-15/h3,5-14,24,32,37H,2,4H2,1H3,(H,33,34)(H,35,36). The number of hydrogen-bond acceptors (Lipinski definition) is 7. The molecule has 0 saturated carbocycles. The fraction of sp³-hybridized carbons (Fsp3) is 0.148. The van der Waals surface area contributed by atoms with E-state index in [9.17, 15) is 9.50 Å². The second-order valence-electron chi connectivity index (χ2n) is 8.78. The third-order valence-corrected chi connectivity index (χ3v) is 6.13. The molecule has 5 heterocycles. The maximum absolute atomic E-state index is 13.9. The van der Waals surface area contributed by atoms with Gasteiger partial charge in [0.25, 0.3) is 0 Å². The second-order valence-corrected chi connectivity index (χ2v) is 8.78. The van der Waals surface area contributed by atoms with Crippen LogP contribution in [0.1, 0.15) is 19.8 Å². The first-order chi connectivity index (χ1) is 18.1. The Morgan fingerprint density at radius 2 is 1.89 bits per heavy atom. The van der Waals surface area contributed by atoms with Gasteiger partial charge < -0.3 is 15.4 Å². The zero-order chi connectivity index (χ0) is 25.4. The van der Waals surface area contributed by atoms with Crippen LogP contribution < -0.4 is 5.32 Å². The van der Waals surface area contributed by atoms with Crippen LogP contribution in [0.15, 0.2) is 67.4 Å². The van der Waals surface area contributed by atoms with E-state index >= 15 is 0 Å². The molecule has 0 aliphatic carbocycles. The lowest BCUT2D eigenvalue weighted by molar-refractivity contribution is 0.192. The number of anilines is 1. The molecule has 6 rings (SSSR count). The number of benzene rings is 1. The highest BCUT2D eigenvalue weighted by molar-refractivity contribution is 5.97. The Balaban J connectivity index is 1.40. The molecule has 9 nitrogen and oxygen atoms in total. The van der Waals surface area contributed by atoms with Crippen molar-refractivity contribution in [2.24, 2.45) is 0 Å². The molecule has 10 heteroatoms. The summed E-state index contributed by atoms with van der Waals surface area (Å²) in [5.74, 6) is 0.234. The van der Waals surface area contributed by atoms with E-state index in [4.69, 9.17) is 4.98 Å². The Morgan fingerprint density at radius 1 is 1.00 bits per heavy atom. The number of imidazole rings is 1. The van der Waals surface area contributed by atoms with Crippen LogP contribution in [-0.4, -0.2) is 46.5 Å². The molecule has 0 aliphatic heterocycles. The summed E-state index contributed by atoms with van der Waals surface area (Å²) >= 11 is 0. The zero-order valence-corrected chi connectivity index (χ0v) is 19.9. The molecule has 0 saturated heterocycles. The van der Waals surface area contributed by atoms with E-state index in [-0.39, 0.29) is 5.82 Å². The Hall–Kier alpha value is -4.70. The Morgan fingerprint density at radius 3 is 2.76 bits per heavy atom. The van der Waals surface area contributed by atoms with E-state index < -0.39 is 6.23 Å². The average Bonchev–Trinajstić information content (AvgIpc) is 3.52. The number of aliphatic hydroxyl groups is 1. The number of nitrogens with zero attached hydrogens (tertiary/aromatic N) is 5. The molecule has 6 aromatic rings. The van der Waals surface area contributed by atoms with Crippen LogP contribution in [0.2, 0.25) is 0 Å². The topological polar surface area (TPSA) is 128 Å². The molecule has 0 bridgehead atoms. The highest BCUT2D eigenvalue weighted by Crippen LogP contribution is 2.32. The first-order valence-corrected chi connectivity index (χ1v) is 11.9. The van der Waals surface area contributed by atoms with E-state index in [2.05, 4.69) is 35.5 Å². The average molecular weight is 495 g/mol. The highest BCUT2D eigenvalue weighted by Gasteiger charge is 2.17. The van der Waals surface area contributed by atoms with Gasteiger partial charge in [0.15, 0.2) is 5.82 Å². The smallest absolute Gasteiger partial charge is 0.159 e. The number of H-pyrrole nitrogens is 2. The second kappa shape index (κ2) is 9.40. The fourth-order valence-corrected chi connectivity index (χ4v) is 4.36. The maximum Gasteiger partial charge on any atom is 0.159 e. The number of aromatic nitrogens is 7. The molecular formula is C27H23FN8O. The van der Waals surface area contributed by atoms with Gasteiger partial charge in [-0.2, -0.15) is 5.10 Å². The highest BCUT2D eigenvalue weighted by atomic mass is 19.1. The van der Waals surface area contributed by atoms with Gasteiger partial charge in [-0.3, -0.25) is 20.1 Å². The van der Waals surface area contributed by atoms with Crippen molar-refractivity contribution in [2.45, 2.75) is 26.0 Å². The van der Waals surface area contributed by atoms with E-state index in [1.54, 1.807) is 37.1 Å². The minimum Gasteiger partial charge on any atom is -0.374 e. The molecule has 1 atom stereocenters. The van der Waals surface area contributed by atoms with Crippen molar-refractivity contribution in [1.29, 1.82) is 0 Å². The van der Waals surface area contributed by atoms with Crippen LogP contribution in [0.4, 0.5) is 10.1 Å². The van der Waals surface area contributed by atoms with E-state index in [1.807, 2.05) is 25.1 Å². The molecule has 0 amide bonds. The van der Waals surface area contributed by atoms with Gasteiger partial charge in [0.2, 0.25) is 0 Å². The third kappa shape index (κ3) is 4.38. The number of halogens is 1. The normalized spacial score (nSPS) is 12.3. The number of hydrogen-bond donors (Lipinski definition) is 4. The molecule has 0 fully saturated rings. The minimum atomic E-state index is -0.641. The van der Waals surface area contributed by atoms with Gasteiger partial charge in [-0.1, -0.05) is 25.5 Å². The fourth-order valence-electron chi connectivity index (χ4n) is 4.36. The van der Waals surface area contributed by atoms with Crippen molar-refractivity contribution in [1.82, 2.24) is 35.1 Å². The molecular weight excluding hydrogens is 471 g/mol. The molecule has 5 aromatic heterocycles. The van der Waals surface area contributed by atoms with Crippen molar-refractivity contribution < 1.29 is 9.50 Å². The van der Waals surface area contributed by atoms with Gasteiger partial charge in [0, 0.05) is 28.9 Å². The van der Waals surface area contributed by atoms with Crippen LogP contribution in [0.5, 0.6) is 0 Å². The van der Waals surface area contributed by atoms with Gasteiger partial charge in [0.1, 0.15) is 17.7 Å². The molecule has 0 radical (unpaired) electrons. The number of nitrogens with one attached hydrogen (secondary N) is 3. The number of fused-ring (bicyclic) bond motifs is 2. The van der Waals surface area contributed by atoms with Gasteiger partial charge in [0.05, 0.1) is 46.5 Å². The monoisotopic (exact) mass is 494 g/mol. The number of rotatable bonds is 7. The molecule has 4 N–H and O–H groups in total. The molecule has 0 aliphatic rings. The van der Waals surface area contributed by atoms with Crippen molar-refractivity contribution in [3.63, 3.8) is 0 Å². The van der Waals surface area contributed by atoms with Crippen LogP contribution >= 0.6 is 0 Å².